The first kappa shape index (κ1) is 14.9. The minimum atomic E-state index is -0.560. The quantitative estimate of drug-likeness (QED) is 0.879. The Bertz CT molecular complexity index is 678. The number of nitrogen functional groups attached to an aromatic ring is 1. The number of aryl methyl sites for hydroxylation is 2. The molecule has 2 aromatic rings. The maximum absolute atomic E-state index is 13.4. The summed E-state index contributed by atoms with van der Waals surface area (Å²) in [6.07, 6.45) is 0. The standard InChI is InChI=1S/C15H16FN3O2/c1-4-21-15(20)12-9(3)18-14(19-13(12)17)11-7-10(16)6-5-8(11)2/h5-7H,4H2,1-3H3,(H2,17,18,19). The van der Waals surface area contributed by atoms with Crippen molar-refractivity contribution < 1.29 is 13.9 Å². The third kappa shape index (κ3) is 2.99. The molecule has 0 spiro atoms. The molecule has 21 heavy (non-hydrogen) atoms. The SMILES string of the molecule is CCOC(=O)c1c(C)nc(-c2cc(F)ccc2C)nc1N. The third-order valence-corrected chi connectivity index (χ3v) is 3.04. The molecule has 0 bridgehead atoms. The lowest BCUT2D eigenvalue weighted by Gasteiger charge is -2.11. The van der Waals surface area contributed by atoms with Crippen LogP contribution in [0.15, 0.2) is 18.2 Å². The molecule has 0 unspecified atom stereocenters. The van der Waals surface area contributed by atoms with Crippen LogP contribution in [0.2, 0.25) is 0 Å². The van der Waals surface area contributed by atoms with Gasteiger partial charge in [0.05, 0.1) is 12.3 Å². The fraction of sp³-hybridized carbons (Fsp3) is 0.267. The number of rotatable bonds is 3. The van der Waals surface area contributed by atoms with E-state index in [0.29, 0.717) is 11.3 Å². The molecule has 0 aliphatic heterocycles. The molecule has 0 radical (unpaired) electrons. The summed E-state index contributed by atoms with van der Waals surface area (Å²) in [6.45, 7) is 5.41. The monoisotopic (exact) mass is 289 g/mol. The molecular formula is C15H16FN3O2. The number of nitrogens with zero attached hydrogens (tertiary/aromatic N) is 2. The van der Waals surface area contributed by atoms with Crippen molar-refractivity contribution in [3.8, 4) is 11.4 Å². The van der Waals surface area contributed by atoms with Crippen molar-refractivity contribution in [3.05, 3.63) is 40.8 Å². The highest BCUT2D eigenvalue weighted by Gasteiger charge is 2.19. The van der Waals surface area contributed by atoms with Crippen molar-refractivity contribution in [1.82, 2.24) is 9.97 Å². The summed E-state index contributed by atoms with van der Waals surface area (Å²) in [5, 5.41) is 0. The van der Waals surface area contributed by atoms with Gasteiger partial charge in [-0.15, -0.1) is 0 Å². The average molecular weight is 289 g/mol. The smallest absolute Gasteiger partial charge is 0.343 e. The van der Waals surface area contributed by atoms with Crippen molar-refractivity contribution in [2.75, 3.05) is 12.3 Å². The lowest BCUT2D eigenvalue weighted by Crippen LogP contribution is -2.13. The van der Waals surface area contributed by atoms with Crippen LogP contribution in [0.4, 0.5) is 10.2 Å². The van der Waals surface area contributed by atoms with Crippen LogP contribution in [0, 0.1) is 19.7 Å². The lowest BCUT2D eigenvalue weighted by atomic mass is 10.1. The predicted octanol–water partition coefficient (Wildman–Crippen LogP) is 2.66. The van der Waals surface area contributed by atoms with E-state index in [-0.39, 0.29) is 29.6 Å². The van der Waals surface area contributed by atoms with Crippen molar-refractivity contribution in [2.45, 2.75) is 20.8 Å². The fourth-order valence-corrected chi connectivity index (χ4v) is 2.01. The first-order chi connectivity index (χ1) is 9.93. The Kier molecular flexibility index (Phi) is 4.16. The van der Waals surface area contributed by atoms with Crippen LogP contribution < -0.4 is 5.73 Å². The summed E-state index contributed by atoms with van der Waals surface area (Å²) in [4.78, 5) is 20.2. The molecule has 6 heteroatoms. The highest BCUT2D eigenvalue weighted by atomic mass is 19.1. The maximum Gasteiger partial charge on any atom is 0.343 e. The molecule has 1 aromatic carbocycles. The summed E-state index contributed by atoms with van der Waals surface area (Å²) in [6, 6.07) is 4.34. The summed E-state index contributed by atoms with van der Waals surface area (Å²) >= 11 is 0. The molecule has 0 aliphatic carbocycles. The van der Waals surface area contributed by atoms with Crippen LogP contribution >= 0.6 is 0 Å². The average Bonchev–Trinajstić information content (AvgIpc) is 2.41. The zero-order valence-electron chi connectivity index (χ0n) is 12.1. The summed E-state index contributed by atoms with van der Waals surface area (Å²) in [5.41, 5.74) is 7.74. The highest BCUT2D eigenvalue weighted by molar-refractivity contribution is 5.95. The largest absolute Gasteiger partial charge is 0.462 e. The van der Waals surface area contributed by atoms with Gasteiger partial charge in [0.25, 0.3) is 0 Å². The van der Waals surface area contributed by atoms with Crippen molar-refractivity contribution in [2.24, 2.45) is 0 Å². The Hall–Kier alpha value is -2.50. The second-order valence-corrected chi connectivity index (χ2v) is 4.57. The van der Waals surface area contributed by atoms with E-state index in [1.54, 1.807) is 19.9 Å². The number of ether oxygens (including phenoxy) is 1. The fourth-order valence-electron chi connectivity index (χ4n) is 2.01. The Balaban J connectivity index is 2.54. The molecule has 0 saturated carbocycles. The molecule has 0 atom stereocenters. The molecule has 0 amide bonds. The minimum absolute atomic E-state index is 0.0274. The number of hydrogen-bond donors (Lipinski definition) is 1. The minimum Gasteiger partial charge on any atom is -0.462 e. The molecule has 0 fully saturated rings. The molecule has 110 valence electrons. The predicted molar refractivity (Wildman–Crippen MR) is 77.3 cm³/mol. The number of halogens is 1. The van der Waals surface area contributed by atoms with E-state index in [9.17, 15) is 9.18 Å². The Morgan fingerprint density at radius 2 is 2.05 bits per heavy atom. The Morgan fingerprint density at radius 1 is 1.33 bits per heavy atom. The van der Waals surface area contributed by atoms with Crippen LogP contribution in [0.1, 0.15) is 28.5 Å². The van der Waals surface area contributed by atoms with E-state index < -0.39 is 5.97 Å². The van der Waals surface area contributed by atoms with Gasteiger partial charge in [-0.1, -0.05) is 6.07 Å². The second kappa shape index (κ2) is 5.87. The zero-order chi connectivity index (χ0) is 15.6. The topological polar surface area (TPSA) is 78.1 Å². The van der Waals surface area contributed by atoms with E-state index >= 15 is 0 Å². The van der Waals surface area contributed by atoms with Crippen LogP contribution in [0.25, 0.3) is 11.4 Å². The van der Waals surface area contributed by atoms with Crippen molar-refractivity contribution in [1.29, 1.82) is 0 Å². The van der Waals surface area contributed by atoms with Crippen molar-refractivity contribution in [3.63, 3.8) is 0 Å². The van der Waals surface area contributed by atoms with Gasteiger partial charge >= 0.3 is 5.97 Å². The maximum atomic E-state index is 13.4. The first-order valence-corrected chi connectivity index (χ1v) is 6.51. The molecule has 1 heterocycles. The molecular weight excluding hydrogens is 273 g/mol. The second-order valence-electron chi connectivity index (χ2n) is 4.57. The number of carbonyl (C=O) groups excluding carboxylic acids is 1. The van der Waals surface area contributed by atoms with Crippen LogP contribution in [-0.2, 0) is 4.74 Å². The number of esters is 1. The Morgan fingerprint density at radius 3 is 2.67 bits per heavy atom. The molecule has 2 rings (SSSR count). The van der Waals surface area contributed by atoms with Gasteiger partial charge in [-0.25, -0.2) is 19.2 Å². The van der Waals surface area contributed by atoms with Gasteiger partial charge in [-0.3, -0.25) is 0 Å². The first-order valence-electron chi connectivity index (χ1n) is 6.51. The van der Waals surface area contributed by atoms with Crippen LogP contribution in [-0.4, -0.2) is 22.5 Å². The van der Waals surface area contributed by atoms with E-state index in [1.807, 2.05) is 6.92 Å². The summed E-state index contributed by atoms with van der Waals surface area (Å²) < 4.78 is 18.3. The number of carbonyl (C=O) groups is 1. The number of aromatic nitrogens is 2. The number of benzene rings is 1. The molecule has 5 nitrogen and oxygen atoms in total. The van der Waals surface area contributed by atoms with Gasteiger partial charge in [0.2, 0.25) is 0 Å². The van der Waals surface area contributed by atoms with E-state index in [4.69, 9.17) is 10.5 Å². The summed E-state index contributed by atoms with van der Waals surface area (Å²) in [5.74, 6) is -0.630. The summed E-state index contributed by atoms with van der Waals surface area (Å²) in [7, 11) is 0. The molecule has 0 aliphatic rings. The van der Waals surface area contributed by atoms with E-state index in [1.165, 1.54) is 12.1 Å². The molecule has 0 saturated heterocycles. The van der Waals surface area contributed by atoms with Crippen LogP contribution in [0.3, 0.4) is 0 Å². The zero-order valence-corrected chi connectivity index (χ0v) is 12.1. The van der Waals surface area contributed by atoms with Crippen molar-refractivity contribution >= 4 is 11.8 Å². The van der Waals surface area contributed by atoms with Gasteiger partial charge in [-0.2, -0.15) is 0 Å². The molecule has 2 N–H and O–H groups in total. The highest BCUT2D eigenvalue weighted by Crippen LogP contribution is 2.24. The third-order valence-electron chi connectivity index (χ3n) is 3.04. The van der Waals surface area contributed by atoms with Crippen LogP contribution in [0.5, 0.6) is 0 Å². The number of anilines is 1. The van der Waals surface area contributed by atoms with Gasteiger partial charge in [0, 0.05) is 5.56 Å². The number of hydrogen-bond acceptors (Lipinski definition) is 5. The lowest BCUT2D eigenvalue weighted by molar-refractivity contribution is 0.0526. The van der Waals surface area contributed by atoms with E-state index in [0.717, 1.165) is 5.56 Å². The van der Waals surface area contributed by atoms with Gasteiger partial charge in [-0.05, 0) is 38.5 Å². The van der Waals surface area contributed by atoms with Gasteiger partial charge in [0.15, 0.2) is 5.82 Å². The number of nitrogens with two attached hydrogens (primary N) is 1. The van der Waals surface area contributed by atoms with E-state index in [2.05, 4.69) is 9.97 Å². The molecule has 1 aromatic heterocycles. The Labute approximate surface area is 122 Å². The normalized spacial score (nSPS) is 10.5. The van der Waals surface area contributed by atoms with Gasteiger partial charge in [0.1, 0.15) is 17.2 Å². The van der Waals surface area contributed by atoms with Gasteiger partial charge < -0.3 is 10.5 Å².